The highest BCUT2D eigenvalue weighted by Gasteiger charge is 2.41. The predicted octanol–water partition coefficient (Wildman–Crippen LogP) is 3.11. The lowest BCUT2D eigenvalue weighted by molar-refractivity contribution is 0.272. The second-order valence-corrected chi connectivity index (χ2v) is 5.50. The molecule has 0 aromatic carbocycles. The summed E-state index contributed by atoms with van der Waals surface area (Å²) in [6.07, 6.45) is 8.11. The third kappa shape index (κ3) is 2.03. The Labute approximate surface area is 87.8 Å². The summed E-state index contributed by atoms with van der Waals surface area (Å²) in [7, 11) is 0. The average molecular weight is 193 g/mol. The van der Waals surface area contributed by atoms with Gasteiger partial charge in [-0.05, 0) is 56.8 Å². The molecule has 4 unspecified atom stereocenters. The van der Waals surface area contributed by atoms with Gasteiger partial charge in [0.15, 0.2) is 0 Å². The molecule has 80 valence electrons. The van der Waals surface area contributed by atoms with Crippen molar-refractivity contribution in [1.29, 1.82) is 0 Å². The molecule has 2 rings (SSSR count). The second-order valence-electron chi connectivity index (χ2n) is 5.50. The summed E-state index contributed by atoms with van der Waals surface area (Å²) >= 11 is 0. The van der Waals surface area contributed by atoms with Crippen molar-refractivity contribution in [2.75, 3.05) is 0 Å². The van der Waals surface area contributed by atoms with E-state index in [0.29, 0.717) is 6.04 Å². The van der Waals surface area contributed by atoms with Gasteiger partial charge in [0.2, 0.25) is 0 Å². The van der Waals surface area contributed by atoms with Crippen molar-refractivity contribution < 1.29 is 0 Å². The van der Waals surface area contributed by atoms with Gasteiger partial charge in [-0.2, -0.15) is 0 Å². The molecule has 2 saturated carbocycles. The molecule has 0 aromatic rings. The molecule has 14 heavy (non-hydrogen) atoms. The zero-order valence-corrected chi connectivity index (χ0v) is 9.34. The van der Waals surface area contributed by atoms with Crippen molar-refractivity contribution >= 4 is 0 Å². The van der Waals surface area contributed by atoms with Gasteiger partial charge in [0.05, 0.1) is 0 Å². The molecule has 1 nitrogen and oxygen atoms in total. The van der Waals surface area contributed by atoms with Crippen LogP contribution in [0.3, 0.4) is 0 Å². The lowest BCUT2D eigenvalue weighted by Crippen LogP contribution is -2.33. The van der Waals surface area contributed by atoms with Crippen LogP contribution < -0.4 is 5.73 Å². The molecule has 4 atom stereocenters. The van der Waals surface area contributed by atoms with Crippen LogP contribution in [0, 0.1) is 17.8 Å². The summed E-state index contributed by atoms with van der Waals surface area (Å²) in [5, 5.41) is 0. The molecular formula is C13H23N. The number of allylic oxidation sites excluding steroid dienone is 1. The van der Waals surface area contributed by atoms with Gasteiger partial charge < -0.3 is 5.73 Å². The SMILES string of the molecule is C=C(C)CCC(N)C1CC2CCC1C2. The van der Waals surface area contributed by atoms with Crippen molar-refractivity contribution in [3.8, 4) is 0 Å². The van der Waals surface area contributed by atoms with Crippen LogP contribution in [0.5, 0.6) is 0 Å². The fourth-order valence-corrected chi connectivity index (χ4v) is 3.45. The molecule has 0 heterocycles. The van der Waals surface area contributed by atoms with Crippen molar-refractivity contribution in [2.24, 2.45) is 23.5 Å². The average Bonchev–Trinajstić information content (AvgIpc) is 2.74. The fraction of sp³-hybridized carbons (Fsp3) is 0.846. The molecule has 2 bridgehead atoms. The Kier molecular flexibility index (Phi) is 2.96. The van der Waals surface area contributed by atoms with Crippen LogP contribution in [0.1, 0.15) is 45.4 Å². The molecule has 0 aliphatic heterocycles. The maximum Gasteiger partial charge on any atom is 0.00729 e. The highest BCUT2D eigenvalue weighted by atomic mass is 14.7. The van der Waals surface area contributed by atoms with E-state index in [0.717, 1.165) is 30.6 Å². The zero-order valence-electron chi connectivity index (χ0n) is 9.34. The quantitative estimate of drug-likeness (QED) is 0.682. The highest BCUT2D eigenvalue weighted by molar-refractivity contribution is 4.96. The van der Waals surface area contributed by atoms with Gasteiger partial charge in [0.1, 0.15) is 0 Å². The van der Waals surface area contributed by atoms with E-state index >= 15 is 0 Å². The van der Waals surface area contributed by atoms with Crippen LogP contribution in [-0.4, -0.2) is 6.04 Å². The largest absolute Gasteiger partial charge is 0.327 e. The van der Waals surface area contributed by atoms with Gasteiger partial charge in [-0.25, -0.2) is 0 Å². The van der Waals surface area contributed by atoms with Gasteiger partial charge in [-0.1, -0.05) is 12.0 Å². The fourth-order valence-electron chi connectivity index (χ4n) is 3.45. The van der Waals surface area contributed by atoms with E-state index in [1.807, 2.05) is 0 Å². The van der Waals surface area contributed by atoms with Crippen molar-refractivity contribution in [3.05, 3.63) is 12.2 Å². The van der Waals surface area contributed by atoms with E-state index < -0.39 is 0 Å². The van der Waals surface area contributed by atoms with Gasteiger partial charge in [-0.3, -0.25) is 0 Å². The summed E-state index contributed by atoms with van der Waals surface area (Å²) < 4.78 is 0. The maximum atomic E-state index is 6.27. The lowest BCUT2D eigenvalue weighted by Gasteiger charge is -2.27. The Bertz CT molecular complexity index is 221. The van der Waals surface area contributed by atoms with Crippen LogP contribution in [0.15, 0.2) is 12.2 Å². The Morgan fingerprint density at radius 2 is 2.21 bits per heavy atom. The van der Waals surface area contributed by atoms with E-state index in [1.54, 1.807) is 0 Å². The van der Waals surface area contributed by atoms with Gasteiger partial charge >= 0.3 is 0 Å². The number of rotatable bonds is 4. The third-order valence-electron chi connectivity index (χ3n) is 4.25. The summed E-state index contributed by atoms with van der Waals surface area (Å²) in [5.41, 5.74) is 7.55. The monoisotopic (exact) mass is 193 g/mol. The molecule has 0 spiro atoms. The van der Waals surface area contributed by atoms with Gasteiger partial charge in [0.25, 0.3) is 0 Å². The second kappa shape index (κ2) is 4.06. The highest BCUT2D eigenvalue weighted by Crippen LogP contribution is 2.49. The molecule has 2 aliphatic carbocycles. The van der Waals surface area contributed by atoms with E-state index in [-0.39, 0.29) is 0 Å². The molecule has 2 fully saturated rings. The number of hydrogen-bond donors (Lipinski definition) is 1. The first-order valence-electron chi connectivity index (χ1n) is 6.06. The minimum Gasteiger partial charge on any atom is -0.327 e. The van der Waals surface area contributed by atoms with Crippen LogP contribution in [0.2, 0.25) is 0 Å². The third-order valence-corrected chi connectivity index (χ3v) is 4.25. The van der Waals surface area contributed by atoms with Crippen LogP contribution >= 0.6 is 0 Å². The zero-order chi connectivity index (χ0) is 10.1. The predicted molar refractivity (Wildman–Crippen MR) is 61.0 cm³/mol. The first-order valence-corrected chi connectivity index (χ1v) is 6.06. The van der Waals surface area contributed by atoms with Gasteiger partial charge in [-0.15, -0.1) is 6.58 Å². The summed E-state index contributed by atoms with van der Waals surface area (Å²) in [4.78, 5) is 0. The van der Waals surface area contributed by atoms with Crippen LogP contribution in [0.4, 0.5) is 0 Å². The minimum absolute atomic E-state index is 0.446. The van der Waals surface area contributed by atoms with E-state index in [1.165, 1.54) is 31.3 Å². The Balaban J connectivity index is 1.80. The lowest BCUT2D eigenvalue weighted by atomic mass is 9.82. The van der Waals surface area contributed by atoms with E-state index in [4.69, 9.17) is 5.73 Å². The molecular weight excluding hydrogens is 170 g/mol. The molecule has 0 aromatic heterocycles. The molecule has 1 heteroatoms. The van der Waals surface area contributed by atoms with Crippen LogP contribution in [-0.2, 0) is 0 Å². The number of hydrogen-bond acceptors (Lipinski definition) is 1. The van der Waals surface area contributed by atoms with Gasteiger partial charge in [0, 0.05) is 6.04 Å². The Morgan fingerprint density at radius 1 is 1.43 bits per heavy atom. The maximum absolute atomic E-state index is 6.27. The van der Waals surface area contributed by atoms with Crippen molar-refractivity contribution in [2.45, 2.75) is 51.5 Å². The van der Waals surface area contributed by atoms with E-state index in [2.05, 4.69) is 13.5 Å². The number of fused-ring (bicyclic) bond motifs is 2. The minimum atomic E-state index is 0.446. The summed E-state index contributed by atoms with van der Waals surface area (Å²) in [6.45, 7) is 6.05. The molecule has 2 aliphatic rings. The van der Waals surface area contributed by atoms with E-state index in [9.17, 15) is 0 Å². The Hall–Kier alpha value is -0.300. The van der Waals surface area contributed by atoms with Crippen LogP contribution in [0.25, 0.3) is 0 Å². The first kappa shape index (κ1) is 10.2. The normalized spacial score (nSPS) is 37.4. The van der Waals surface area contributed by atoms with Crippen molar-refractivity contribution in [1.82, 2.24) is 0 Å². The molecule has 2 N–H and O–H groups in total. The Morgan fingerprint density at radius 3 is 2.71 bits per heavy atom. The summed E-state index contributed by atoms with van der Waals surface area (Å²) in [5.74, 6) is 2.84. The molecule has 0 saturated heterocycles. The smallest absolute Gasteiger partial charge is 0.00729 e. The first-order chi connectivity index (χ1) is 6.66. The standard InChI is InChI=1S/C13H23N/c1-9(2)3-6-13(14)12-8-10-4-5-11(12)7-10/h10-13H,1,3-8,14H2,2H3. The van der Waals surface area contributed by atoms with Crippen molar-refractivity contribution in [3.63, 3.8) is 0 Å². The topological polar surface area (TPSA) is 26.0 Å². The summed E-state index contributed by atoms with van der Waals surface area (Å²) in [6, 6.07) is 0.446. The molecule has 0 amide bonds. The molecule has 0 radical (unpaired) electrons. The number of nitrogens with two attached hydrogens (primary N) is 1.